The molecule has 0 spiro atoms. The van der Waals surface area contributed by atoms with Gasteiger partial charge < -0.3 is 5.32 Å². The van der Waals surface area contributed by atoms with Gasteiger partial charge in [0.2, 0.25) is 0 Å². The number of dihydropyridines is 1. The summed E-state index contributed by atoms with van der Waals surface area (Å²) in [5.41, 5.74) is 3.96. The van der Waals surface area contributed by atoms with Gasteiger partial charge in [-0.05, 0) is 55.3 Å². The van der Waals surface area contributed by atoms with Crippen LogP contribution in [0.15, 0.2) is 53.5 Å². The zero-order valence-electron chi connectivity index (χ0n) is 19.0. The van der Waals surface area contributed by atoms with Gasteiger partial charge in [-0.3, -0.25) is 19.8 Å². The summed E-state index contributed by atoms with van der Waals surface area (Å²) in [7, 11) is 0. The van der Waals surface area contributed by atoms with Gasteiger partial charge in [0, 0.05) is 48.1 Å². The second-order valence-electron chi connectivity index (χ2n) is 9.14. The highest BCUT2D eigenvalue weighted by molar-refractivity contribution is 6.69. The van der Waals surface area contributed by atoms with Crippen LogP contribution in [0.4, 0.5) is 4.39 Å². The first-order valence-electron chi connectivity index (χ1n) is 11.6. The third-order valence-corrected chi connectivity index (χ3v) is 6.84. The van der Waals surface area contributed by atoms with E-state index in [1.54, 1.807) is 6.07 Å². The molecular formula is C26H27ClFN5O. The molecule has 34 heavy (non-hydrogen) atoms. The number of aromatic nitrogens is 2. The van der Waals surface area contributed by atoms with E-state index < -0.39 is 0 Å². The van der Waals surface area contributed by atoms with Crippen molar-refractivity contribution in [1.82, 2.24) is 20.4 Å². The average Bonchev–Trinajstić information content (AvgIpc) is 3.25. The molecule has 3 heterocycles. The lowest BCUT2D eigenvalue weighted by Gasteiger charge is -2.33. The molecule has 2 atom stereocenters. The summed E-state index contributed by atoms with van der Waals surface area (Å²) >= 11 is 6.15. The van der Waals surface area contributed by atoms with E-state index in [2.05, 4.69) is 32.3 Å². The molecule has 5 rings (SSSR count). The van der Waals surface area contributed by atoms with Gasteiger partial charge in [-0.15, -0.1) is 0 Å². The fourth-order valence-corrected chi connectivity index (χ4v) is 4.96. The molecule has 2 unspecified atom stereocenters. The number of carbonyl (C=O) groups excluding carboxylic acids is 1. The number of carbonyl (C=O) groups is 1. The van der Waals surface area contributed by atoms with Crippen LogP contribution in [0, 0.1) is 11.7 Å². The maximum Gasteiger partial charge on any atom is 0.251 e. The van der Waals surface area contributed by atoms with Gasteiger partial charge in [0.25, 0.3) is 5.91 Å². The van der Waals surface area contributed by atoms with Crippen LogP contribution in [0.2, 0.25) is 0 Å². The van der Waals surface area contributed by atoms with E-state index in [1.165, 1.54) is 6.07 Å². The topological polar surface area (TPSA) is 73.4 Å². The Morgan fingerprint density at radius 2 is 2.15 bits per heavy atom. The Balaban J connectivity index is 1.31. The number of amides is 1. The molecule has 6 nitrogen and oxygen atoms in total. The SMILES string of the molecule is CC1CN=C(Cl)C=C1c1n[nH]c2ccc(C(=O)NC3CCCN(Cc4ccccc4F)C3)cc12. The number of nitrogens with one attached hydrogen (secondary N) is 2. The fourth-order valence-electron chi connectivity index (χ4n) is 4.77. The number of piperidine rings is 1. The number of fused-ring (bicyclic) bond motifs is 1. The smallest absolute Gasteiger partial charge is 0.251 e. The molecule has 0 radical (unpaired) electrons. The second kappa shape index (κ2) is 9.68. The van der Waals surface area contributed by atoms with E-state index in [0.29, 0.717) is 35.9 Å². The highest BCUT2D eigenvalue weighted by atomic mass is 35.5. The van der Waals surface area contributed by atoms with Crippen LogP contribution in [-0.4, -0.2) is 51.9 Å². The second-order valence-corrected chi connectivity index (χ2v) is 9.52. The number of aliphatic imine (C=N–C) groups is 1. The van der Waals surface area contributed by atoms with Crippen molar-refractivity contribution in [3.05, 3.63) is 71.2 Å². The van der Waals surface area contributed by atoms with E-state index in [-0.39, 0.29) is 23.7 Å². The number of aromatic amines is 1. The predicted octanol–water partition coefficient (Wildman–Crippen LogP) is 4.77. The first kappa shape index (κ1) is 22.7. The minimum absolute atomic E-state index is 0.0173. The predicted molar refractivity (Wildman–Crippen MR) is 134 cm³/mol. The van der Waals surface area contributed by atoms with Gasteiger partial charge >= 0.3 is 0 Å². The monoisotopic (exact) mass is 479 g/mol. The minimum Gasteiger partial charge on any atom is -0.348 e. The summed E-state index contributed by atoms with van der Waals surface area (Å²) in [6, 6.07) is 12.5. The Hall–Kier alpha value is -3.03. The van der Waals surface area contributed by atoms with Crippen LogP contribution in [-0.2, 0) is 6.54 Å². The van der Waals surface area contributed by atoms with Crippen molar-refractivity contribution in [3.63, 3.8) is 0 Å². The molecule has 1 fully saturated rings. The Morgan fingerprint density at radius 1 is 1.29 bits per heavy atom. The highest BCUT2D eigenvalue weighted by Crippen LogP contribution is 2.31. The average molecular weight is 480 g/mol. The molecule has 8 heteroatoms. The number of benzene rings is 2. The molecule has 1 amide bonds. The molecule has 0 saturated carbocycles. The molecule has 176 valence electrons. The van der Waals surface area contributed by atoms with E-state index >= 15 is 0 Å². The summed E-state index contributed by atoms with van der Waals surface area (Å²) in [4.78, 5) is 19.6. The quantitative estimate of drug-likeness (QED) is 0.553. The van der Waals surface area contributed by atoms with E-state index in [4.69, 9.17) is 11.6 Å². The molecule has 1 saturated heterocycles. The number of likely N-dealkylation sites (tertiary alicyclic amines) is 1. The molecule has 2 aliphatic rings. The van der Waals surface area contributed by atoms with Crippen molar-refractivity contribution >= 4 is 39.2 Å². The lowest BCUT2D eigenvalue weighted by atomic mass is 9.94. The number of hydrogen-bond acceptors (Lipinski definition) is 4. The van der Waals surface area contributed by atoms with E-state index in [9.17, 15) is 9.18 Å². The largest absolute Gasteiger partial charge is 0.348 e. The zero-order chi connectivity index (χ0) is 23.7. The van der Waals surface area contributed by atoms with Crippen LogP contribution in [0.25, 0.3) is 16.5 Å². The minimum atomic E-state index is -0.187. The third-order valence-electron chi connectivity index (χ3n) is 6.61. The molecule has 0 aliphatic carbocycles. The summed E-state index contributed by atoms with van der Waals surface area (Å²) in [6.07, 6.45) is 3.71. The first-order chi connectivity index (χ1) is 16.5. The van der Waals surface area contributed by atoms with Gasteiger partial charge in [-0.25, -0.2) is 4.39 Å². The fraction of sp³-hybridized carbons (Fsp3) is 0.346. The van der Waals surface area contributed by atoms with E-state index in [0.717, 1.165) is 41.6 Å². The zero-order valence-corrected chi connectivity index (χ0v) is 19.8. The van der Waals surface area contributed by atoms with Crippen LogP contribution < -0.4 is 5.32 Å². The number of rotatable bonds is 5. The van der Waals surface area contributed by atoms with Crippen molar-refractivity contribution < 1.29 is 9.18 Å². The van der Waals surface area contributed by atoms with Crippen molar-refractivity contribution in [1.29, 1.82) is 0 Å². The number of nitrogens with zero attached hydrogens (tertiary/aromatic N) is 3. The lowest BCUT2D eigenvalue weighted by Crippen LogP contribution is -2.47. The standard InChI is InChI=1S/C26H27ClFN5O/c1-16-13-29-24(27)12-20(16)25-21-11-17(8-9-23(21)31-32-25)26(34)30-19-6-4-10-33(15-19)14-18-5-2-3-7-22(18)28/h2-3,5,7-9,11-12,16,19H,4,6,10,13-15H2,1H3,(H,30,34)(H,31,32). The molecule has 1 aromatic heterocycles. The summed E-state index contributed by atoms with van der Waals surface area (Å²) in [5.74, 6) is -0.112. The Morgan fingerprint density at radius 3 is 3.00 bits per heavy atom. The normalized spacial score (nSPS) is 21.3. The van der Waals surface area contributed by atoms with Gasteiger partial charge in [0.15, 0.2) is 0 Å². The lowest BCUT2D eigenvalue weighted by molar-refractivity contribution is 0.0900. The Bertz CT molecular complexity index is 1280. The van der Waals surface area contributed by atoms with Crippen molar-refractivity contribution in [2.45, 2.75) is 32.4 Å². The molecule has 2 N–H and O–H groups in total. The summed E-state index contributed by atoms with van der Waals surface area (Å²) in [6.45, 7) is 4.84. The first-order valence-corrected chi connectivity index (χ1v) is 12.0. The van der Waals surface area contributed by atoms with Crippen LogP contribution in [0.1, 0.15) is 41.4 Å². The van der Waals surface area contributed by atoms with Gasteiger partial charge in [-0.2, -0.15) is 5.10 Å². The van der Waals surface area contributed by atoms with Crippen LogP contribution in [0.3, 0.4) is 0 Å². The number of halogens is 2. The number of allylic oxidation sites excluding steroid dienone is 1. The molecular weight excluding hydrogens is 453 g/mol. The number of hydrogen-bond donors (Lipinski definition) is 2. The van der Waals surface area contributed by atoms with Gasteiger partial charge in [-0.1, -0.05) is 36.7 Å². The maximum absolute atomic E-state index is 14.1. The van der Waals surface area contributed by atoms with Gasteiger partial charge in [0.05, 0.1) is 11.2 Å². The van der Waals surface area contributed by atoms with Crippen molar-refractivity contribution in [3.8, 4) is 0 Å². The highest BCUT2D eigenvalue weighted by Gasteiger charge is 2.24. The molecule has 2 aliphatic heterocycles. The Kier molecular flexibility index (Phi) is 6.48. The number of H-pyrrole nitrogens is 1. The Labute approximate surface area is 202 Å². The van der Waals surface area contributed by atoms with Crippen molar-refractivity contribution in [2.24, 2.45) is 10.9 Å². The summed E-state index contributed by atoms with van der Waals surface area (Å²) < 4.78 is 14.1. The molecule has 0 bridgehead atoms. The summed E-state index contributed by atoms with van der Waals surface area (Å²) in [5, 5.41) is 12.1. The van der Waals surface area contributed by atoms with Gasteiger partial charge in [0.1, 0.15) is 11.0 Å². The van der Waals surface area contributed by atoms with E-state index in [1.807, 2.05) is 36.4 Å². The van der Waals surface area contributed by atoms with Crippen molar-refractivity contribution in [2.75, 3.05) is 19.6 Å². The van der Waals surface area contributed by atoms with Crippen LogP contribution >= 0.6 is 11.6 Å². The maximum atomic E-state index is 14.1. The molecule has 2 aromatic carbocycles. The third kappa shape index (κ3) is 4.76. The molecule has 3 aromatic rings. The van der Waals surface area contributed by atoms with Crippen LogP contribution in [0.5, 0.6) is 0 Å².